The summed E-state index contributed by atoms with van der Waals surface area (Å²) in [5.74, 6) is -1.06. The number of nitrogens with one attached hydrogen (secondary N) is 1. The lowest BCUT2D eigenvalue weighted by Crippen LogP contribution is -2.20. The minimum Gasteiger partial charge on any atom is -0.478 e. The number of hydrogen-bond donors (Lipinski definition) is 2. The molecule has 0 fully saturated rings. The molecule has 2 N–H and O–H groups in total. The third-order valence-electron chi connectivity index (χ3n) is 3.36. The van der Waals surface area contributed by atoms with Gasteiger partial charge in [0.25, 0.3) is 0 Å². The quantitative estimate of drug-likeness (QED) is 0.855. The summed E-state index contributed by atoms with van der Waals surface area (Å²) in [6.07, 6.45) is -4.03. The summed E-state index contributed by atoms with van der Waals surface area (Å²) in [5, 5.41) is 12.2. The number of alkyl halides is 3. The number of hydrogen-bond acceptors (Lipinski definition) is 2. The minimum atomic E-state index is -4.37. The van der Waals surface area contributed by atoms with Crippen LogP contribution in [0.4, 0.5) is 18.9 Å². The maximum Gasteiger partial charge on any atom is 0.416 e. The predicted molar refractivity (Wildman–Crippen MR) is 81.6 cm³/mol. The highest BCUT2D eigenvalue weighted by molar-refractivity contribution is 5.94. The first-order valence-electron chi connectivity index (χ1n) is 7.02. The van der Waals surface area contributed by atoms with Gasteiger partial charge in [-0.2, -0.15) is 13.2 Å². The molecule has 2 rings (SSSR count). The zero-order valence-corrected chi connectivity index (χ0v) is 12.4. The van der Waals surface area contributed by atoms with E-state index in [1.54, 1.807) is 31.2 Å². The van der Waals surface area contributed by atoms with Gasteiger partial charge in [-0.1, -0.05) is 30.3 Å². The fourth-order valence-electron chi connectivity index (χ4n) is 2.34. The van der Waals surface area contributed by atoms with E-state index < -0.39 is 17.7 Å². The summed E-state index contributed by atoms with van der Waals surface area (Å²) < 4.78 is 38.1. The Kier molecular flexibility index (Phi) is 4.93. The lowest BCUT2D eigenvalue weighted by Gasteiger charge is -2.17. The monoisotopic (exact) mass is 323 g/mol. The van der Waals surface area contributed by atoms with Gasteiger partial charge in [-0.25, -0.2) is 4.79 Å². The Morgan fingerprint density at radius 1 is 1.17 bits per heavy atom. The zero-order chi connectivity index (χ0) is 17.0. The van der Waals surface area contributed by atoms with Crippen LogP contribution in [0.2, 0.25) is 0 Å². The summed E-state index contributed by atoms with van der Waals surface area (Å²) >= 11 is 0. The second-order valence-electron chi connectivity index (χ2n) is 5.30. The van der Waals surface area contributed by atoms with Gasteiger partial charge >= 0.3 is 12.1 Å². The van der Waals surface area contributed by atoms with Gasteiger partial charge in [0, 0.05) is 11.7 Å². The van der Waals surface area contributed by atoms with Crippen LogP contribution in [0.5, 0.6) is 0 Å². The lowest BCUT2D eigenvalue weighted by molar-refractivity contribution is -0.137. The molecule has 2 aromatic rings. The SMILES string of the molecule is CC(Cc1cccc(C(F)(F)F)c1)Nc1ccccc1C(=O)O. The van der Waals surface area contributed by atoms with Crippen LogP contribution in [-0.2, 0) is 12.6 Å². The topological polar surface area (TPSA) is 49.3 Å². The van der Waals surface area contributed by atoms with E-state index in [0.717, 1.165) is 12.1 Å². The average molecular weight is 323 g/mol. The van der Waals surface area contributed by atoms with Crippen molar-refractivity contribution in [3.63, 3.8) is 0 Å². The number of halogens is 3. The van der Waals surface area contributed by atoms with Gasteiger partial charge in [-0.15, -0.1) is 0 Å². The molecule has 0 amide bonds. The number of carbonyl (C=O) groups is 1. The number of carboxylic acids is 1. The smallest absolute Gasteiger partial charge is 0.416 e. The Morgan fingerprint density at radius 2 is 1.87 bits per heavy atom. The summed E-state index contributed by atoms with van der Waals surface area (Å²) in [4.78, 5) is 11.2. The highest BCUT2D eigenvalue weighted by Crippen LogP contribution is 2.29. The van der Waals surface area contributed by atoms with Crippen LogP contribution in [0, 0.1) is 0 Å². The fourth-order valence-corrected chi connectivity index (χ4v) is 2.34. The normalized spacial score (nSPS) is 12.7. The maximum atomic E-state index is 12.7. The van der Waals surface area contributed by atoms with E-state index in [1.807, 2.05) is 0 Å². The van der Waals surface area contributed by atoms with Gasteiger partial charge < -0.3 is 10.4 Å². The van der Waals surface area contributed by atoms with E-state index in [4.69, 9.17) is 5.11 Å². The van der Waals surface area contributed by atoms with Crippen LogP contribution in [0.1, 0.15) is 28.4 Å². The van der Waals surface area contributed by atoms with Crippen molar-refractivity contribution in [2.45, 2.75) is 25.6 Å². The van der Waals surface area contributed by atoms with Gasteiger partial charge in [-0.05, 0) is 37.1 Å². The van der Waals surface area contributed by atoms with E-state index >= 15 is 0 Å². The first kappa shape index (κ1) is 16.9. The molecule has 0 aliphatic rings. The number of anilines is 1. The fraction of sp³-hybridized carbons (Fsp3) is 0.235. The highest BCUT2D eigenvalue weighted by atomic mass is 19.4. The molecule has 0 spiro atoms. The van der Waals surface area contributed by atoms with Crippen molar-refractivity contribution in [1.29, 1.82) is 0 Å². The van der Waals surface area contributed by atoms with Crippen LogP contribution >= 0.6 is 0 Å². The van der Waals surface area contributed by atoms with E-state index in [1.165, 1.54) is 12.1 Å². The van der Waals surface area contributed by atoms with Crippen LogP contribution in [0.3, 0.4) is 0 Å². The molecule has 1 unspecified atom stereocenters. The van der Waals surface area contributed by atoms with E-state index in [2.05, 4.69) is 5.32 Å². The number of rotatable bonds is 5. The Hall–Kier alpha value is -2.50. The molecule has 122 valence electrons. The summed E-state index contributed by atoms with van der Waals surface area (Å²) in [5.41, 5.74) is 0.420. The molecule has 3 nitrogen and oxygen atoms in total. The molecule has 1 atom stereocenters. The number of para-hydroxylation sites is 1. The summed E-state index contributed by atoms with van der Waals surface area (Å²) in [7, 11) is 0. The zero-order valence-electron chi connectivity index (χ0n) is 12.4. The van der Waals surface area contributed by atoms with Gasteiger partial charge in [0.1, 0.15) is 0 Å². The molecule has 0 aliphatic carbocycles. The Balaban J connectivity index is 2.12. The molecule has 0 saturated carbocycles. The second kappa shape index (κ2) is 6.73. The molecular formula is C17H16F3NO2. The standard InChI is InChI=1S/C17H16F3NO2/c1-11(21-15-8-3-2-7-14(15)16(22)23)9-12-5-4-6-13(10-12)17(18,19)20/h2-8,10-11,21H,9H2,1H3,(H,22,23). The van der Waals surface area contributed by atoms with E-state index in [9.17, 15) is 18.0 Å². The maximum absolute atomic E-state index is 12.7. The molecule has 0 aromatic heterocycles. The third-order valence-corrected chi connectivity index (χ3v) is 3.36. The molecule has 0 bridgehead atoms. The molecule has 6 heteroatoms. The molecule has 0 heterocycles. The van der Waals surface area contributed by atoms with E-state index in [-0.39, 0.29) is 11.6 Å². The Labute approximate surface area is 131 Å². The molecule has 0 saturated heterocycles. The largest absolute Gasteiger partial charge is 0.478 e. The van der Waals surface area contributed by atoms with Crippen molar-refractivity contribution < 1.29 is 23.1 Å². The van der Waals surface area contributed by atoms with Gasteiger partial charge in [0.2, 0.25) is 0 Å². The highest BCUT2D eigenvalue weighted by Gasteiger charge is 2.30. The second-order valence-corrected chi connectivity index (χ2v) is 5.30. The van der Waals surface area contributed by atoms with Crippen molar-refractivity contribution in [2.24, 2.45) is 0 Å². The first-order valence-corrected chi connectivity index (χ1v) is 7.02. The van der Waals surface area contributed by atoms with Gasteiger partial charge in [0.15, 0.2) is 0 Å². The Bertz CT molecular complexity index is 698. The minimum absolute atomic E-state index is 0.128. The molecule has 23 heavy (non-hydrogen) atoms. The molecular weight excluding hydrogens is 307 g/mol. The molecule has 0 radical (unpaired) electrons. The average Bonchev–Trinajstić information content (AvgIpc) is 2.46. The lowest BCUT2D eigenvalue weighted by atomic mass is 10.0. The number of aromatic carboxylic acids is 1. The van der Waals surface area contributed by atoms with E-state index in [0.29, 0.717) is 17.7 Å². The van der Waals surface area contributed by atoms with Crippen LogP contribution in [0.15, 0.2) is 48.5 Å². The van der Waals surface area contributed by atoms with Crippen LogP contribution in [-0.4, -0.2) is 17.1 Å². The van der Waals surface area contributed by atoms with Crippen LogP contribution < -0.4 is 5.32 Å². The van der Waals surface area contributed by atoms with Gasteiger partial charge in [-0.3, -0.25) is 0 Å². The van der Waals surface area contributed by atoms with Crippen molar-refractivity contribution in [3.8, 4) is 0 Å². The van der Waals surface area contributed by atoms with Crippen molar-refractivity contribution in [1.82, 2.24) is 0 Å². The molecule has 0 aliphatic heterocycles. The number of carboxylic acid groups (broad SMARTS) is 1. The Morgan fingerprint density at radius 3 is 2.52 bits per heavy atom. The third kappa shape index (κ3) is 4.48. The first-order chi connectivity index (χ1) is 10.8. The summed E-state index contributed by atoms with van der Waals surface area (Å²) in [6, 6.07) is 11.3. The van der Waals surface area contributed by atoms with Crippen LogP contribution in [0.25, 0.3) is 0 Å². The van der Waals surface area contributed by atoms with Crippen molar-refractivity contribution in [3.05, 3.63) is 65.2 Å². The van der Waals surface area contributed by atoms with Crippen molar-refractivity contribution in [2.75, 3.05) is 5.32 Å². The predicted octanol–water partition coefficient (Wildman–Crippen LogP) is 4.45. The molecule has 2 aromatic carbocycles. The van der Waals surface area contributed by atoms with Crippen molar-refractivity contribution >= 4 is 11.7 Å². The number of benzene rings is 2. The summed E-state index contributed by atoms with van der Waals surface area (Å²) in [6.45, 7) is 1.79. The van der Waals surface area contributed by atoms with Gasteiger partial charge in [0.05, 0.1) is 11.1 Å².